The summed E-state index contributed by atoms with van der Waals surface area (Å²) in [6, 6.07) is 10.0. The summed E-state index contributed by atoms with van der Waals surface area (Å²) in [6.45, 7) is 6.29. The first kappa shape index (κ1) is 33.4. The fourth-order valence-corrected chi connectivity index (χ4v) is 2.97. The summed E-state index contributed by atoms with van der Waals surface area (Å²) in [5.74, 6) is -0.327. The lowest BCUT2D eigenvalue weighted by Gasteiger charge is -2.19. The number of ether oxygens (including phenoxy) is 8. The Labute approximate surface area is 220 Å². The van der Waals surface area contributed by atoms with Crippen molar-refractivity contribution in [2.75, 3.05) is 99.0 Å². The van der Waals surface area contributed by atoms with E-state index in [-0.39, 0.29) is 19.2 Å². The van der Waals surface area contributed by atoms with Gasteiger partial charge in [0.25, 0.3) is 0 Å². The van der Waals surface area contributed by atoms with E-state index in [2.05, 4.69) is 0 Å². The summed E-state index contributed by atoms with van der Waals surface area (Å²) in [6.07, 6.45) is 0.984. The first-order valence-corrected chi connectivity index (χ1v) is 13.0. The molecule has 0 bridgehead atoms. The zero-order valence-electron chi connectivity index (χ0n) is 22.0. The van der Waals surface area contributed by atoms with Crippen molar-refractivity contribution in [1.82, 2.24) is 0 Å². The van der Waals surface area contributed by atoms with Gasteiger partial charge in [-0.3, -0.25) is 4.79 Å². The molecule has 37 heavy (non-hydrogen) atoms. The van der Waals surface area contributed by atoms with E-state index in [4.69, 9.17) is 49.4 Å². The van der Waals surface area contributed by atoms with Gasteiger partial charge in [0.05, 0.1) is 79.3 Å². The zero-order valence-corrected chi connectivity index (χ0v) is 22.0. The Bertz CT molecular complexity index is 625. The average Bonchev–Trinajstić information content (AvgIpc) is 2.91. The molecule has 0 radical (unpaired) electrons. The molecule has 1 aromatic carbocycles. The highest BCUT2D eigenvalue weighted by atomic mass is 16.7. The van der Waals surface area contributed by atoms with E-state index in [1.807, 2.05) is 30.3 Å². The summed E-state index contributed by atoms with van der Waals surface area (Å²) < 4.78 is 43.5. The lowest BCUT2D eigenvalue weighted by atomic mass is 10.1. The number of benzene rings is 1. The number of rotatable bonds is 27. The quantitative estimate of drug-likeness (QED) is 0.0952. The Hall–Kier alpha value is -1.67. The second-order valence-electron chi connectivity index (χ2n) is 7.84. The molecule has 11 heteroatoms. The SMILES string of the molecule is NCCOCCOCCOCCOCCOC(COCCOCCN)OC(=O)CCCc1ccccc1. The minimum absolute atomic E-state index is 0.108. The summed E-state index contributed by atoms with van der Waals surface area (Å²) in [5.41, 5.74) is 11.9. The van der Waals surface area contributed by atoms with Crippen molar-refractivity contribution >= 4 is 5.97 Å². The molecule has 1 unspecified atom stereocenters. The Balaban J connectivity index is 2.13. The summed E-state index contributed by atoms with van der Waals surface area (Å²) in [7, 11) is 0. The number of aryl methyl sites for hydroxylation is 1. The molecule has 1 aromatic rings. The molecule has 0 heterocycles. The minimum Gasteiger partial charge on any atom is -0.433 e. The van der Waals surface area contributed by atoms with Crippen molar-refractivity contribution < 1.29 is 42.7 Å². The number of hydrogen-bond donors (Lipinski definition) is 2. The van der Waals surface area contributed by atoms with Gasteiger partial charge in [0.2, 0.25) is 6.29 Å². The normalized spacial score (nSPS) is 12.1. The lowest BCUT2D eigenvalue weighted by molar-refractivity contribution is -0.195. The van der Waals surface area contributed by atoms with Gasteiger partial charge in [-0.25, -0.2) is 0 Å². The molecule has 1 atom stereocenters. The Morgan fingerprint density at radius 1 is 0.649 bits per heavy atom. The zero-order chi connectivity index (χ0) is 26.7. The summed E-state index contributed by atoms with van der Waals surface area (Å²) in [4.78, 5) is 12.3. The topological polar surface area (TPSA) is 143 Å². The van der Waals surface area contributed by atoms with Gasteiger partial charge in [-0.2, -0.15) is 0 Å². The van der Waals surface area contributed by atoms with Crippen molar-refractivity contribution in [1.29, 1.82) is 0 Å². The van der Waals surface area contributed by atoms with Crippen LogP contribution in [0.4, 0.5) is 0 Å². The fraction of sp³-hybridized carbons (Fsp3) is 0.731. The van der Waals surface area contributed by atoms with Crippen LogP contribution in [0.15, 0.2) is 30.3 Å². The average molecular weight is 531 g/mol. The highest BCUT2D eigenvalue weighted by Gasteiger charge is 2.15. The molecule has 4 N–H and O–H groups in total. The van der Waals surface area contributed by atoms with Gasteiger partial charge in [0.15, 0.2) is 0 Å². The monoisotopic (exact) mass is 530 g/mol. The van der Waals surface area contributed by atoms with Crippen LogP contribution >= 0.6 is 0 Å². The maximum absolute atomic E-state index is 12.3. The van der Waals surface area contributed by atoms with Crippen LogP contribution in [0.5, 0.6) is 0 Å². The lowest BCUT2D eigenvalue weighted by Crippen LogP contribution is -2.29. The van der Waals surface area contributed by atoms with Gasteiger partial charge in [-0.1, -0.05) is 30.3 Å². The molecule has 0 saturated carbocycles. The Morgan fingerprint density at radius 2 is 1.14 bits per heavy atom. The van der Waals surface area contributed by atoms with Crippen molar-refractivity contribution in [3.8, 4) is 0 Å². The first-order valence-electron chi connectivity index (χ1n) is 13.0. The smallest absolute Gasteiger partial charge is 0.308 e. The van der Waals surface area contributed by atoms with E-state index in [0.717, 1.165) is 6.42 Å². The minimum atomic E-state index is -0.815. The third-order valence-corrected chi connectivity index (χ3v) is 4.75. The highest BCUT2D eigenvalue weighted by Crippen LogP contribution is 2.07. The van der Waals surface area contributed by atoms with Crippen molar-refractivity contribution in [3.05, 3.63) is 35.9 Å². The van der Waals surface area contributed by atoms with E-state index in [0.29, 0.717) is 98.6 Å². The number of esters is 1. The van der Waals surface area contributed by atoms with E-state index >= 15 is 0 Å². The van der Waals surface area contributed by atoms with Crippen molar-refractivity contribution in [3.63, 3.8) is 0 Å². The molecule has 0 aliphatic heterocycles. The van der Waals surface area contributed by atoms with Gasteiger partial charge in [-0.05, 0) is 18.4 Å². The van der Waals surface area contributed by atoms with Crippen LogP contribution in [0.1, 0.15) is 18.4 Å². The van der Waals surface area contributed by atoms with Gasteiger partial charge in [-0.15, -0.1) is 0 Å². The predicted octanol–water partition coefficient (Wildman–Crippen LogP) is 0.912. The molecule has 0 fully saturated rings. The fourth-order valence-electron chi connectivity index (χ4n) is 2.97. The maximum atomic E-state index is 12.3. The predicted molar refractivity (Wildman–Crippen MR) is 138 cm³/mol. The molecule has 0 amide bonds. The molecule has 0 saturated heterocycles. The molecular formula is C26H46N2O9. The molecular weight excluding hydrogens is 484 g/mol. The van der Waals surface area contributed by atoms with Crippen LogP contribution in [0.25, 0.3) is 0 Å². The second kappa shape index (κ2) is 26.0. The van der Waals surface area contributed by atoms with Gasteiger partial charge < -0.3 is 49.4 Å². The van der Waals surface area contributed by atoms with Gasteiger partial charge in [0, 0.05) is 19.5 Å². The van der Waals surface area contributed by atoms with Gasteiger partial charge >= 0.3 is 5.97 Å². The third-order valence-electron chi connectivity index (χ3n) is 4.75. The Kier molecular flexibility index (Phi) is 23.4. The number of carbonyl (C=O) groups excluding carboxylic acids is 1. The number of nitrogens with two attached hydrogens (primary N) is 2. The molecule has 214 valence electrons. The van der Waals surface area contributed by atoms with Crippen LogP contribution < -0.4 is 11.5 Å². The standard InChI is InChI=1S/C26H46N2O9/c27-9-11-30-13-14-32-15-16-33-17-18-34-21-22-36-26(23-35-20-19-31-12-10-28)37-25(29)8-4-7-24-5-2-1-3-6-24/h1-3,5-6,26H,4,7-23,27-28H2. The first-order chi connectivity index (χ1) is 18.3. The van der Waals surface area contributed by atoms with Crippen LogP contribution in [0.3, 0.4) is 0 Å². The molecule has 11 nitrogen and oxygen atoms in total. The summed E-state index contributed by atoms with van der Waals surface area (Å²) >= 11 is 0. The van der Waals surface area contributed by atoms with Gasteiger partial charge in [0.1, 0.15) is 6.61 Å². The third kappa shape index (κ3) is 22.1. The highest BCUT2D eigenvalue weighted by molar-refractivity contribution is 5.69. The largest absolute Gasteiger partial charge is 0.433 e. The molecule has 0 aliphatic carbocycles. The molecule has 1 rings (SSSR count). The number of carbonyl (C=O) groups is 1. The second-order valence-corrected chi connectivity index (χ2v) is 7.84. The van der Waals surface area contributed by atoms with E-state index in [9.17, 15) is 4.79 Å². The van der Waals surface area contributed by atoms with Crippen LogP contribution in [-0.2, 0) is 49.1 Å². The maximum Gasteiger partial charge on any atom is 0.308 e. The van der Waals surface area contributed by atoms with E-state index < -0.39 is 6.29 Å². The van der Waals surface area contributed by atoms with Crippen molar-refractivity contribution in [2.24, 2.45) is 11.5 Å². The van der Waals surface area contributed by atoms with E-state index in [1.165, 1.54) is 5.56 Å². The van der Waals surface area contributed by atoms with E-state index in [1.54, 1.807) is 0 Å². The molecule has 0 spiro atoms. The molecule has 0 aliphatic rings. The number of hydrogen-bond acceptors (Lipinski definition) is 11. The summed E-state index contributed by atoms with van der Waals surface area (Å²) in [5, 5.41) is 0. The van der Waals surface area contributed by atoms with Crippen LogP contribution in [0.2, 0.25) is 0 Å². The Morgan fingerprint density at radius 3 is 1.68 bits per heavy atom. The van der Waals surface area contributed by atoms with Crippen LogP contribution in [0, 0.1) is 0 Å². The molecule has 0 aromatic heterocycles. The van der Waals surface area contributed by atoms with Crippen LogP contribution in [-0.4, -0.2) is 111 Å². The van der Waals surface area contributed by atoms with Crippen molar-refractivity contribution in [2.45, 2.75) is 25.6 Å².